The van der Waals surface area contributed by atoms with Gasteiger partial charge in [0.25, 0.3) is 0 Å². The number of benzene rings is 4. The first kappa shape index (κ1) is 27.9. The number of thiol groups is 1. The second-order valence-electron chi connectivity index (χ2n) is 8.14. The molecule has 4 aromatic carbocycles. The first-order chi connectivity index (χ1) is 17.9. The summed E-state index contributed by atoms with van der Waals surface area (Å²) in [6.45, 7) is 0. The summed E-state index contributed by atoms with van der Waals surface area (Å²) in [4.78, 5) is 38.4. The van der Waals surface area contributed by atoms with Gasteiger partial charge in [-0.25, -0.2) is 0 Å². The lowest BCUT2D eigenvalue weighted by atomic mass is 10.0. The molecule has 0 saturated carbocycles. The Morgan fingerprint density at radius 2 is 1.51 bits per heavy atom. The third-order valence-corrected chi connectivity index (χ3v) is 5.95. The number of halogens is 1. The van der Waals surface area contributed by atoms with Crippen LogP contribution in [0.1, 0.15) is 21.5 Å². The standard InChI is InChI=1S/C28H25N3O3S.CH3Cl/c29-24(17-35)28(34)30-22-12-13-25(23(16-22)27(33)20-7-2-1-3-8-20)31-26(32)15-18-10-11-19-6-4-5-9-21(19)14-18;1-2/h1-14,16,24,35H,15,17,29H2,(H,30,34)(H,31,32);1H3. The Labute approximate surface area is 226 Å². The number of carbonyl (C=O) groups excluding carboxylic acids is 3. The number of ketones is 1. The number of hydrogen-bond acceptors (Lipinski definition) is 5. The van der Waals surface area contributed by atoms with Crippen LogP contribution in [0.25, 0.3) is 10.8 Å². The fraction of sp³-hybridized carbons (Fsp3) is 0.138. The minimum Gasteiger partial charge on any atom is -0.325 e. The largest absolute Gasteiger partial charge is 0.325 e. The summed E-state index contributed by atoms with van der Waals surface area (Å²) in [7, 11) is 0. The third kappa shape index (κ3) is 7.43. The first-order valence-corrected chi connectivity index (χ1v) is 12.9. The molecule has 37 heavy (non-hydrogen) atoms. The van der Waals surface area contributed by atoms with Gasteiger partial charge in [0.15, 0.2) is 5.78 Å². The van der Waals surface area contributed by atoms with Crippen molar-refractivity contribution in [1.82, 2.24) is 0 Å². The van der Waals surface area contributed by atoms with E-state index >= 15 is 0 Å². The highest BCUT2D eigenvalue weighted by atomic mass is 35.5. The Morgan fingerprint density at radius 1 is 0.838 bits per heavy atom. The van der Waals surface area contributed by atoms with Gasteiger partial charge in [-0.1, -0.05) is 72.8 Å². The van der Waals surface area contributed by atoms with Crippen molar-refractivity contribution in [2.45, 2.75) is 12.5 Å². The SMILES string of the molecule is CCl.NC(CS)C(=O)Nc1ccc(NC(=O)Cc2ccc3ccccc3c2)c(C(=O)c2ccccc2)c1. The highest BCUT2D eigenvalue weighted by molar-refractivity contribution is 7.80. The highest BCUT2D eigenvalue weighted by Gasteiger charge is 2.18. The van der Waals surface area contributed by atoms with Gasteiger partial charge in [-0.15, -0.1) is 11.6 Å². The maximum atomic E-state index is 13.3. The van der Waals surface area contributed by atoms with E-state index in [1.54, 1.807) is 42.5 Å². The Hall–Kier alpha value is -3.65. The molecule has 4 N–H and O–H groups in total. The summed E-state index contributed by atoms with van der Waals surface area (Å²) >= 11 is 8.69. The van der Waals surface area contributed by atoms with Crippen LogP contribution in [0.5, 0.6) is 0 Å². The van der Waals surface area contributed by atoms with Crippen molar-refractivity contribution in [2.75, 3.05) is 22.8 Å². The average Bonchev–Trinajstić information content (AvgIpc) is 2.94. The topological polar surface area (TPSA) is 101 Å². The molecule has 6 nitrogen and oxygen atoms in total. The number of amides is 2. The molecular formula is C29H28ClN3O3S. The highest BCUT2D eigenvalue weighted by Crippen LogP contribution is 2.25. The molecule has 4 rings (SSSR count). The fourth-order valence-corrected chi connectivity index (χ4v) is 3.88. The van der Waals surface area contributed by atoms with Gasteiger partial charge in [0.2, 0.25) is 11.8 Å². The quantitative estimate of drug-likeness (QED) is 0.140. The van der Waals surface area contributed by atoms with E-state index in [1.165, 1.54) is 6.38 Å². The van der Waals surface area contributed by atoms with Gasteiger partial charge in [-0.2, -0.15) is 12.6 Å². The molecule has 0 aliphatic carbocycles. The summed E-state index contributed by atoms with van der Waals surface area (Å²) in [5, 5.41) is 7.71. The second kappa shape index (κ2) is 13.6. The predicted molar refractivity (Wildman–Crippen MR) is 155 cm³/mol. The number of nitrogens with two attached hydrogens (primary N) is 1. The molecule has 0 aromatic heterocycles. The van der Waals surface area contributed by atoms with Crippen LogP contribution in [-0.2, 0) is 16.0 Å². The molecule has 0 spiro atoms. The van der Waals surface area contributed by atoms with Crippen LogP contribution in [0.15, 0.2) is 91.0 Å². The van der Waals surface area contributed by atoms with Gasteiger partial charge in [-0.05, 0) is 34.5 Å². The molecule has 1 atom stereocenters. The van der Waals surface area contributed by atoms with Crippen molar-refractivity contribution in [2.24, 2.45) is 5.73 Å². The van der Waals surface area contributed by atoms with E-state index in [9.17, 15) is 14.4 Å². The molecule has 0 aliphatic heterocycles. The number of nitrogens with one attached hydrogen (secondary N) is 2. The van der Waals surface area contributed by atoms with Crippen molar-refractivity contribution in [3.8, 4) is 0 Å². The Morgan fingerprint density at radius 3 is 2.22 bits per heavy atom. The molecule has 0 saturated heterocycles. The number of hydrogen-bond donors (Lipinski definition) is 4. The molecule has 0 aliphatic rings. The average molecular weight is 534 g/mol. The molecular weight excluding hydrogens is 506 g/mol. The van der Waals surface area contributed by atoms with E-state index in [-0.39, 0.29) is 29.4 Å². The summed E-state index contributed by atoms with van der Waals surface area (Å²) in [5.41, 5.74) is 8.10. The zero-order valence-electron chi connectivity index (χ0n) is 20.3. The monoisotopic (exact) mass is 533 g/mol. The first-order valence-electron chi connectivity index (χ1n) is 11.5. The minimum absolute atomic E-state index is 0.152. The lowest BCUT2D eigenvalue weighted by Crippen LogP contribution is -2.37. The maximum Gasteiger partial charge on any atom is 0.242 e. The van der Waals surface area contributed by atoms with Gasteiger partial charge in [-0.3, -0.25) is 14.4 Å². The molecule has 8 heteroatoms. The van der Waals surface area contributed by atoms with Crippen molar-refractivity contribution in [3.05, 3.63) is 108 Å². The van der Waals surface area contributed by atoms with Gasteiger partial charge < -0.3 is 16.4 Å². The van der Waals surface area contributed by atoms with Crippen LogP contribution in [-0.4, -0.2) is 35.8 Å². The van der Waals surface area contributed by atoms with Gasteiger partial charge in [0, 0.05) is 29.0 Å². The molecule has 4 aromatic rings. The summed E-state index contributed by atoms with van der Waals surface area (Å²) in [6.07, 6.45) is 1.62. The van der Waals surface area contributed by atoms with E-state index in [0.29, 0.717) is 16.9 Å². The number of fused-ring (bicyclic) bond motifs is 1. The predicted octanol–water partition coefficient (Wildman–Crippen LogP) is 5.30. The maximum absolute atomic E-state index is 13.3. The van der Waals surface area contributed by atoms with Gasteiger partial charge in [0.1, 0.15) is 0 Å². The van der Waals surface area contributed by atoms with E-state index < -0.39 is 11.9 Å². The van der Waals surface area contributed by atoms with E-state index in [1.807, 2.05) is 48.5 Å². The zero-order valence-corrected chi connectivity index (χ0v) is 21.9. The number of anilines is 2. The zero-order chi connectivity index (χ0) is 26.8. The minimum atomic E-state index is -0.784. The summed E-state index contributed by atoms with van der Waals surface area (Å²) in [5.74, 6) is -0.756. The van der Waals surface area contributed by atoms with Crippen molar-refractivity contribution >= 4 is 64.0 Å². The lowest BCUT2D eigenvalue weighted by molar-refractivity contribution is -0.117. The molecule has 190 valence electrons. The molecule has 2 amide bonds. The number of carbonyl (C=O) groups is 3. The van der Waals surface area contributed by atoms with Crippen LogP contribution in [0.4, 0.5) is 11.4 Å². The Kier molecular flexibility index (Phi) is 10.3. The van der Waals surface area contributed by atoms with Crippen LogP contribution in [0.2, 0.25) is 0 Å². The van der Waals surface area contributed by atoms with Crippen molar-refractivity contribution < 1.29 is 14.4 Å². The van der Waals surface area contributed by atoms with E-state index in [0.717, 1.165) is 16.3 Å². The normalized spacial score (nSPS) is 11.1. The molecule has 1 unspecified atom stereocenters. The van der Waals surface area contributed by atoms with Gasteiger partial charge in [0.05, 0.1) is 18.2 Å². The summed E-state index contributed by atoms with van der Waals surface area (Å²) in [6, 6.07) is 26.6. The summed E-state index contributed by atoms with van der Waals surface area (Å²) < 4.78 is 0. The van der Waals surface area contributed by atoms with Crippen LogP contribution in [0.3, 0.4) is 0 Å². The third-order valence-electron chi connectivity index (χ3n) is 5.55. The molecule has 0 heterocycles. The van der Waals surface area contributed by atoms with E-state index in [2.05, 4.69) is 34.9 Å². The van der Waals surface area contributed by atoms with E-state index in [4.69, 9.17) is 5.73 Å². The Balaban J connectivity index is 0.00000186. The van der Waals surface area contributed by atoms with Crippen molar-refractivity contribution in [3.63, 3.8) is 0 Å². The second-order valence-corrected chi connectivity index (χ2v) is 8.51. The lowest BCUT2D eigenvalue weighted by Gasteiger charge is -2.15. The Bertz CT molecular complexity index is 1400. The van der Waals surface area contributed by atoms with Crippen LogP contribution in [0, 0.1) is 0 Å². The smallest absolute Gasteiger partial charge is 0.242 e. The van der Waals surface area contributed by atoms with Crippen LogP contribution < -0.4 is 16.4 Å². The van der Waals surface area contributed by atoms with Crippen LogP contribution >= 0.6 is 24.2 Å². The molecule has 0 fully saturated rings. The fourth-order valence-electron chi connectivity index (χ4n) is 3.71. The molecule has 0 radical (unpaired) electrons. The number of rotatable bonds is 8. The van der Waals surface area contributed by atoms with Crippen molar-refractivity contribution in [1.29, 1.82) is 0 Å². The molecule has 0 bridgehead atoms. The van der Waals surface area contributed by atoms with Gasteiger partial charge >= 0.3 is 0 Å². The number of alkyl halides is 1.